The van der Waals surface area contributed by atoms with Gasteiger partial charge in [-0.1, -0.05) is 18.2 Å². The summed E-state index contributed by atoms with van der Waals surface area (Å²) in [4.78, 5) is 11.2. The lowest BCUT2D eigenvalue weighted by Crippen LogP contribution is -2.10. The lowest BCUT2D eigenvalue weighted by Gasteiger charge is -2.02. The van der Waals surface area contributed by atoms with Crippen molar-refractivity contribution >= 4 is 44.9 Å². The fourth-order valence-corrected chi connectivity index (χ4v) is 2.04. The molecule has 12 heavy (non-hydrogen) atoms. The van der Waals surface area contributed by atoms with Crippen molar-refractivity contribution in [2.24, 2.45) is 0 Å². The first kappa shape index (κ1) is 10.3. The molecule has 2 nitrogen and oxygen atoms in total. The first-order valence-corrected chi connectivity index (χ1v) is 10.1. The standard InChI is InChI=1S/C7H6O2.Al.2BrH/c8-7(9)6-4-2-1-3-5-6;;;/h1-5H,(H,8,9);;2*1H/q;+3;;/p-3. The van der Waals surface area contributed by atoms with Crippen LogP contribution in [0.3, 0.4) is 0 Å². The van der Waals surface area contributed by atoms with Crippen molar-refractivity contribution in [3.63, 3.8) is 0 Å². The van der Waals surface area contributed by atoms with Crippen LogP contribution in [0.5, 0.6) is 0 Å². The Morgan fingerprint density at radius 1 is 1.25 bits per heavy atom. The molecule has 0 bridgehead atoms. The molecule has 0 aliphatic heterocycles. The summed E-state index contributed by atoms with van der Waals surface area (Å²) >= 11 is 6.37. The quantitative estimate of drug-likeness (QED) is 0.785. The van der Waals surface area contributed by atoms with Crippen molar-refractivity contribution in [2.75, 3.05) is 0 Å². The monoisotopic (exact) mass is 306 g/mol. The highest BCUT2D eigenvalue weighted by Gasteiger charge is 2.19. The summed E-state index contributed by atoms with van der Waals surface area (Å²) < 4.78 is 4.97. The third-order valence-corrected chi connectivity index (χ3v) is 2.72. The molecule has 0 fully saturated rings. The van der Waals surface area contributed by atoms with Gasteiger partial charge in [0.2, 0.25) is 0 Å². The molecule has 0 spiro atoms. The van der Waals surface area contributed by atoms with Crippen LogP contribution in [0.2, 0.25) is 0 Å². The minimum absolute atomic E-state index is 0.291. The fourth-order valence-electron chi connectivity index (χ4n) is 0.723. The Hall–Kier alpha value is 0.182. The minimum atomic E-state index is -1.62. The highest BCUT2D eigenvalue weighted by atomic mass is 79.9. The van der Waals surface area contributed by atoms with Crippen LogP contribution in [-0.4, -0.2) is 16.8 Å². The minimum Gasteiger partial charge on any atom is -0.597 e. The normalized spacial score (nSPS) is 9.17. The van der Waals surface area contributed by atoms with E-state index in [0.717, 1.165) is 0 Å². The van der Waals surface area contributed by atoms with Crippen molar-refractivity contribution in [3.05, 3.63) is 35.9 Å². The maximum absolute atomic E-state index is 11.2. The average molecular weight is 308 g/mol. The molecule has 0 saturated carbocycles. The molecule has 0 amide bonds. The van der Waals surface area contributed by atoms with E-state index in [1.807, 2.05) is 6.07 Å². The SMILES string of the molecule is O=C([O][Al]([Br])[Br])c1ccccc1. The molecular weight excluding hydrogens is 303 g/mol. The molecule has 1 aromatic rings. The maximum Gasteiger partial charge on any atom is 0.742 e. The zero-order valence-electron chi connectivity index (χ0n) is 6.04. The summed E-state index contributed by atoms with van der Waals surface area (Å²) in [5.74, 6) is -0.291. The van der Waals surface area contributed by atoms with E-state index in [1.54, 1.807) is 24.3 Å². The van der Waals surface area contributed by atoms with Crippen LogP contribution in [0, 0.1) is 0 Å². The summed E-state index contributed by atoms with van der Waals surface area (Å²) in [6.07, 6.45) is 0. The Labute approximate surface area is 88.9 Å². The molecule has 0 aromatic heterocycles. The number of benzene rings is 1. The van der Waals surface area contributed by atoms with Gasteiger partial charge in [-0.15, -0.1) is 28.1 Å². The number of hydrogen-bond acceptors (Lipinski definition) is 2. The van der Waals surface area contributed by atoms with Gasteiger partial charge >= 0.3 is 16.8 Å². The smallest absolute Gasteiger partial charge is 0.597 e. The van der Waals surface area contributed by atoms with E-state index in [-0.39, 0.29) is 5.97 Å². The van der Waals surface area contributed by atoms with Crippen LogP contribution in [0.25, 0.3) is 0 Å². The molecule has 0 N–H and O–H groups in total. The van der Waals surface area contributed by atoms with Gasteiger partial charge in [-0.3, -0.25) is 0 Å². The molecule has 0 aliphatic rings. The lowest BCUT2D eigenvalue weighted by atomic mass is 10.2. The number of halogens is 2. The Balaban J connectivity index is 2.66. The first-order valence-electron chi connectivity index (χ1n) is 3.24. The van der Waals surface area contributed by atoms with Gasteiger partial charge in [-0.05, 0) is 12.1 Å². The first-order chi connectivity index (χ1) is 5.70. The zero-order valence-corrected chi connectivity index (χ0v) is 10.4. The van der Waals surface area contributed by atoms with E-state index >= 15 is 0 Å². The van der Waals surface area contributed by atoms with Crippen LogP contribution >= 0.6 is 28.1 Å². The van der Waals surface area contributed by atoms with E-state index in [2.05, 4.69) is 28.1 Å². The molecule has 0 aliphatic carbocycles. The van der Waals surface area contributed by atoms with Crippen molar-refractivity contribution in [1.82, 2.24) is 0 Å². The Bertz CT molecular complexity index is 263. The molecule has 5 heteroatoms. The van der Waals surface area contributed by atoms with Crippen LogP contribution < -0.4 is 0 Å². The Kier molecular flexibility index (Phi) is 4.30. The van der Waals surface area contributed by atoms with E-state index in [4.69, 9.17) is 3.79 Å². The number of hydrogen-bond donors (Lipinski definition) is 0. The molecule has 0 radical (unpaired) electrons. The number of carbonyl (C=O) groups excluding carboxylic acids is 1. The molecule has 0 saturated heterocycles. The second kappa shape index (κ2) is 5.03. The maximum atomic E-state index is 11.2. The van der Waals surface area contributed by atoms with Gasteiger partial charge in [-0.25, -0.2) is 4.79 Å². The van der Waals surface area contributed by atoms with E-state index in [0.29, 0.717) is 5.56 Å². The largest absolute Gasteiger partial charge is 0.742 e. The summed E-state index contributed by atoms with van der Waals surface area (Å²) in [5, 5.41) is 0. The van der Waals surface area contributed by atoms with E-state index < -0.39 is 10.8 Å². The highest BCUT2D eigenvalue weighted by molar-refractivity contribution is 9.48. The fraction of sp³-hybridized carbons (Fsp3) is 0. The van der Waals surface area contributed by atoms with Crippen molar-refractivity contribution in [2.45, 2.75) is 0 Å². The van der Waals surface area contributed by atoms with Gasteiger partial charge in [0, 0.05) is 0 Å². The summed E-state index contributed by atoms with van der Waals surface area (Å²) in [7, 11) is -1.62. The second-order valence-corrected chi connectivity index (χ2v) is 11.5. The van der Waals surface area contributed by atoms with Crippen molar-refractivity contribution in [1.29, 1.82) is 0 Å². The molecule has 0 heterocycles. The predicted molar refractivity (Wildman–Crippen MR) is 55.5 cm³/mol. The van der Waals surface area contributed by atoms with Gasteiger partial charge in [-0.2, -0.15) is 0 Å². The summed E-state index contributed by atoms with van der Waals surface area (Å²) in [6, 6.07) is 8.90. The van der Waals surface area contributed by atoms with Gasteiger partial charge in [0.25, 0.3) is 0 Å². The highest BCUT2D eigenvalue weighted by Crippen LogP contribution is 2.08. The van der Waals surface area contributed by atoms with Crippen molar-refractivity contribution in [3.8, 4) is 0 Å². The lowest BCUT2D eigenvalue weighted by molar-refractivity contribution is 0.0746. The average Bonchev–Trinajstić information content (AvgIpc) is 2.05. The zero-order chi connectivity index (χ0) is 8.97. The molecule has 1 rings (SSSR count). The van der Waals surface area contributed by atoms with Crippen LogP contribution in [0.4, 0.5) is 0 Å². The van der Waals surface area contributed by atoms with Gasteiger partial charge in [0.05, 0.1) is 5.56 Å². The third kappa shape index (κ3) is 3.28. The Morgan fingerprint density at radius 3 is 2.33 bits per heavy atom. The Morgan fingerprint density at radius 2 is 1.83 bits per heavy atom. The number of carbonyl (C=O) groups is 1. The molecule has 0 atom stereocenters. The van der Waals surface area contributed by atoms with Crippen LogP contribution in [0.15, 0.2) is 30.3 Å². The molecule has 0 unspecified atom stereocenters. The van der Waals surface area contributed by atoms with Gasteiger partial charge in [0.15, 0.2) is 0 Å². The summed E-state index contributed by atoms with van der Waals surface area (Å²) in [5.41, 5.74) is 0.578. The predicted octanol–water partition coefficient (Wildman–Crippen LogP) is 2.62. The third-order valence-electron chi connectivity index (χ3n) is 1.21. The van der Waals surface area contributed by atoms with Crippen molar-refractivity contribution < 1.29 is 8.58 Å². The number of rotatable bonds is 2. The topological polar surface area (TPSA) is 26.3 Å². The molecule has 1 aromatic carbocycles. The second-order valence-electron chi connectivity index (χ2n) is 2.03. The van der Waals surface area contributed by atoms with Gasteiger partial charge < -0.3 is 3.79 Å². The molecular formula is C7H5AlBr2O2. The van der Waals surface area contributed by atoms with Crippen LogP contribution in [-0.2, 0) is 3.79 Å². The summed E-state index contributed by atoms with van der Waals surface area (Å²) in [6.45, 7) is 0. The van der Waals surface area contributed by atoms with E-state index in [9.17, 15) is 4.79 Å². The van der Waals surface area contributed by atoms with Crippen LogP contribution in [0.1, 0.15) is 10.4 Å². The molecule has 62 valence electrons. The van der Waals surface area contributed by atoms with Gasteiger partial charge in [0.1, 0.15) is 0 Å². The van der Waals surface area contributed by atoms with E-state index in [1.165, 1.54) is 0 Å².